The Morgan fingerprint density at radius 2 is 1.89 bits per heavy atom. The normalized spacial score (nSPS) is 18.0. The molecule has 2 N–H and O–H groups in total. The largest absolute Gasteiger partial charge is 0.489 e. The molecular formula is C25H25N5O5. The molecule has 1 fully saturated rings. The average Bonchev–Trinajstić information content (AvgIpc) is 2.95. The molecule has 2 heterocycles. The Bertz CT molecular complexity index is 1200. The van der Waals surface area contributed by atoms with E-state index in [0.29, 0.717) is 30.1 Å². The van der Waals surface area contributed by atoms with E-state index in [2.05, 4.69) is 27.8 Å². The molecule has 0 aliphatic carbocycles. The fourth-order valence-corrected chi connectivity index (χ4v) is 3.79. The van der Waals surface area contributed by atoms with Gasteiger partial charge in [-0.2, -0.15) is 0 Å². The molecule has 0 spiro atoms. The molecule has 0 bridgehead atoms. The van der Waals surface area contributed by atoms with Crippen molar-refractivity contribution in [3.63, 3.8) is 0 Å². The van der Waals surface area contributed by atoms with Gasteiger partial charge in [0, 0.05) is 12.6 Å². The number of nitroso groups, excluding NO2 is 1. The first-order valence-corrected chi connectivity index (χ1v) is 11.2. The number of fused-ring (bicyclic) bond motifs is 1. The highest BCUT2D eigenvalue weighted by molar-refractivity contribution is 6.35. The van der Waals surface area contributed by atoms with Gasteiger partial charge in [-0.3, -0.25) is 19.4 Å². The quantitative estimate of drug-likeness (QED) is 0.392. The highest BCUT2D eigenvalue weighted by Crippen LogP contribution is 2.31. The Morgan fingerprint density at radius 1 is 1.14 bits per heavy atom. The smallest absolute Gasteiger partial charge is 0.310 e. The highest BCUT2D eigenvalue weighted by Gasteiger charge is 2.32. The third-order valence-corrected chi connectivity index (χ3v) is 5.91. The molecule has 2 atom stereocenters. The van der Waals surface area contributed by atoms with Gasteiger partial charge in [0.2, 0.25) is 0 Å². The molecule has 0 saturated carbocycles. The predicted molar refractivity (Wildman–Crippen MR) is 128 cm³/mol. The van der Waals surface area contributed by atoms with E-state index in [0.717, 1.165) is 5.56 Å². The van der Waals surface area contributed by atoms with Crippen LogP contribution in [-0.4, -0.2) is 55.5 Å². The molecule has 0 radical (unpaired) electrons. The lowest BCUT2D eigenvalue weighted by molar-refractivity contribution is -0.141. The number of rotatable bonds is 4. The van der Waals surface area contributed by atoms with Crippen LogP contribution < -0.4 is 20.3 Å². The lowest BCUT2D eigenvalue weighted by Crippen LogP contribution is -2.53. The molecule has 10 heteroatoms. The van der Waals surface area contributed by atoms with Crippen molar-refractivity contribution < 1.29 is 19.1 Å². The summed E-state index contributed by atoms with van der Waals surface area (Å²) < 4.78 is 5.76. The Balaban J connectivity index is 1.39. The van der Waals surface area contributed by atoms with Gasteiger partial charge in [-0.05, 0) is 30.7 Å². The first-order valence-electron chi connectivity index (χ1n) is 11.2. The number of likely N-dealkylation sites (N-methyl/N-ethyl adjacent to an activating group) is 1. The second-order valence-electron chi connectivity index (χ2n) is 8.44. The van der Waals surface area contributed by atoms with Gasteiger partial charge >= 0.3 is 11.8 Å². The average molecular weight is 476 g/mol. The van der Waals surface area contributed by atoms with Crippen molar-refractivity contribution >= 4 is 23.4 Å². The lowest BCUT2D eigenvalue weighted by Gasteiger charge is -2.30. The fourth-order valence-electron chi connectivity index (χ4n) is 3.79. The van der Waals surface area contributed by atoms with Crippen LogP contribution in [0.25, 0.3) is 0 Å². The summed E-state index contributed by atoms with van der Waals surface area (Å²) >= 11 is 0. The molecule has 1 saturated heterocycles. The molecule has 2 aliphatic rings. The molecule has 0 unspecified atom stereocenters. The summed E-state index contributed by atoms with van der Waals surface area (Å²) in [7, 11) is 1.57. The van der Waals surface area contributed by atoms with Gasteiger partial charge in [-0.25, -0.2) is 0 Å². The number of carbonyl (C=O) groups is 3. The van der Waals surface area contributed by atoms with Crippen LogP contribution in [-0.2, 0) is 14.4 Å². The van der Waals surface area contributed by atoms with Gasteiger partial charge in [0.25, 0.3) is 5.91 Å². The summed E-state index contributed by atoms with van der Waals surface area (Å²) in [6, 6.07) is 13.0. The van der Waals surface area contributed by atoms with Crippen molar-refractivity contribution in [2.24, 2.45) is 11.2 Å². The molecule has 2 aliphatic heterocycles. The minimum Gasteiger partial charge on any atom is -0.489 e. The molecule has 35 heavy (non-hydrogen) atoms. The third kappa shape index (κ3) is 5.41. The van der Waals surface area contributed by atoms with Gasteiger partial charge in [0.15, 0.2) is 0 Å². The van der Waals surface area contributed by atoms with Crippen LogP contribution in [0.5, 0.6) is 5.75 Å². The van der Waals surface area contributed by atoms with Crippen molar-refractivity contribution in [1.29, 1.82) is 0 Å². The Hall–Kier alpha value is -4.39. The number of hydrogen-bond donors (Lipinski definition) is 2. The molecule has 3 amide bonds. The fraction of sp³-hybridized carbons (Fsp3) is 0.320. The van der Waals surface area contributed by atoms with E-state index in [4.69, 9.17) is 4.74 Å². The van der Waals surface area contributed by atoms with Crippen molar-refractivity contribution in [2.75, 3.05) is 31.6 Å². The number of anilines is 1. The van der Waals surface area contributed by atoms with Crippen LogP contribution in [0.2, 0.25) is 0 Å². The summed E-state index contributed by atoms with van der Waals surface area (Å²) in [5.74, 6) is 4.49. The minimum atomic E-state index is -1.04. The number of nitrogens with one attached hydrogen (secondary N) is 2. The Kier molecular flexibility index (Phi) is 6.96. The van der Waals surface area contributed by atoms with Crippen molar-refractivity contribution in [3.8, 4) is 17.6 Å². The molecular weight excluding hydrogens is 450 g/mol. The van der Waals surface area contributed by atoms with E-state index in [1.807, 2.05) is 30.3 Å². The summed E-state index contributed by atoms with van der Waals surface area (Å²) in [5.41, 5.74) is 2.04. The SMILES string of the molecule is C[C@@H](NC(=O)C(=O)N[C@H]1COc2ccc(C#CC3CN(N=O)C3)cc2N(C)C1=O)c1ccccc1. The number of amides is 3. The number of hydrogen-bond acceptors (Lipinski definition) is 6. The van der Waals surface area contributed by atoms with Crippen molar-refractivity contribution in [1.82, 2.24) is 15.6 Å². The van der Waals surface area contributed by atoms with Gasteiger partial charge in [0.05, 0.1) is 36.0 Å². The molecule has 2 aromatic rings. The summed E-state index contributed by atoms with van der Waals surface area (Å²) in [6.07, 6.45) is 0. The molecule has 10 nitrogen and oxygen atoms in total. The monoisotopic (exact) mass is 475 g/mol. The highest BCUT2D eigenvalue weighted by atomic mass is 16.5. The summed E-state index contributed by atoms with van der Waals surface area (Å²) in [6.45, 7) is 2.65. The minimum absolute atomic E-state index is 0.0671. The summed E-state index contributed by atoms with van der Waals surface area (Å²) in [5, 5.41) is 9.36. The zero-order chi connectivity index (χ0) is 24.9. The third-order valence-electron chi connectivity index (χ3n) is 5.91. The van der Waals surface area contributed by atoms with Crippen LogP contribution in [0, 0.1) is 22.7 Å². The van der Waals surface area contributed by atoms with E-state index >= 15 is 0 Å². The topological polar surface area (TPSA) is 120 Å². The second kappa shape index (κ2) is 10.3. The molecule has 4 rings (SSSR count). The molecule has 0 aromatic heterocycles. The van der Waals surface area contributed by atoms with E-state index in [9.17, 15) is 19.3 Å². The maximum absolute atomic E-state index is 13.0. The standard InChI is InChI=1S/C25H25N5O5/c1-16(19-6-4-3-5-7-19)26-23(31)24(32)27-20-15-35-22-11-10-17(12-21(22)29(2)25(20)33)8-9-18-13-30(14-18)28-34/h3-7,10-12,16,18,20H,13-15H2,1-2H3,(H,26,31)(H,27,32)/t16-,20+/m1/s1. The van der Waals surface area contributed by atoms with E-state index in [-0.39, 0.29) is 18.6 Å². The van der Waals surface area contributed by atoms with Crippen LogP contribution >= 0.6 is 0 Å². The van der Waals surface area contributed by atoms with Crippen molar-refractivity contribution in [3.05, 3.63) is 64.6 Å². The zero-order valence-electron chi connectivity index (χ0n) is 19.4. The molecule has 2 aromatic carbocycles. The van der Waals surface area contributed by atoms with E-state index in [1.54, 1.807) is 32.2 Å². The molecule has 180 valence electrons. The first kappa shape index (κ1) is 23.8. The van der Waals surface area contributed by atoms with E-state index in [1.165, 1.54) is 9.91 Å². The van der Waals surface area contributed by atoms with Gasteiger partial charge in [0.1, 0.15) is 18.4 Å². The van der Waals surface area contributed by atoms with Gasteiger partial charge in [-0.1, -0.05) is 42.2 Å². The number of ether oxygens (including phenoxy) is 1. The van der Waals surface area contributed by atoms with Gasteiger partial charge < -0.3 is 20.3 Å². The maximum Gasteiger partial charge on any atom is 0.310 e. The van der Waals surface area contributed by atoms with E-state index < -0.39 is 23.8 Å². The van der Waals surface area contributed by atoms with Gasteiger partial charge in [-0.15, -0.1) is 4.91 Å². The number of benzene rings is 2. The second-order valence-corrected chi connectivity index (χ2v) is 8.44. The van der Waals surface area contributed by atoms with Crippen LogP contribution in [0.15, 0.2) is 53.8 Å². The zero-order valence-corrected chi connectivity index (χ0v) is 19.4. The maximum atomic E-state index is 13.0. The number of nitrogens with zero attached hydrogens (tertiary/aromatic N) is 3. The van der Waals surface area contributed by atoms with Crippen LogP contribution in [0.3, 0.4) is 0 Å². The van der Waals surface area contributed by atoms with Crippen molar-refractivity contribution in [2.45, 2.75) is 19.0 Å². The predicted octanol–water partition coefficient (Wildman–Crippen LogP) is 1.37. The number of carbonyl (C=O) groups excluding carboxylic acids is 3. The Labute approximate surface area is 202 Å². The van der Waals surface area contributed by atoms with Crippen LogP contribution in [0.4, 0.5) is 5.69 Å². The Morgan fingerprint density at radius 3 is 2.60 bits per heavy atom. The first-order chi connectivity index (χ1) is 16.9. The lowest BCUT2D eigenvalue weighted by atomic mass is 10.0. The van der Waals surface area contributed by atoms with Crippen LogP contribution in [0.1, 0.15) is 24.1 Å². The summed E-state index contributed by atoms with van der Waals surface area (Å²) in [4.78, 5) is 49.7.